The molecule has 15 heavy (non-hydrogen) atoms. The summed E-state index contributed by atoms with van der Waals surface area (Å²) in [7, 11) is 0. The normalized spacial score (nSPS) is 21.3. The second-order valence-electron chi connectivity index (χ2n) is 3.41. The van der Waals surface area contributed by atoms with Crippen molar-refractivity contribution < 1.29 is 13.9 Å². The third kappa shape index (κ3) is 2.22. The Hall–Kier alpha value is -1.26. The van der Waals surface area contributed by atoms with E-state index in [0.29, 0.717) is 13.2 Å². The van der Waals surface area contributed by atoms with Gasteiger partial charge in [0, 0.05) is 13.1 Å². The van der Waals surface area contributed by atoms with E-state index in [1.54, 1.807) is 12.1 Å². The fourth-order valence-electron chi connectivity index (χ4n) is 1.57. The second kappa shape index (κ2) is 4.51. The molecule has 1 N–H and O–H groups in total. The minimum atomic E-state index is -0.560. The number of carbonyl (C=O) groups excluding carboxylic acids is 1. The van der Waals surface area contributed by atoms with Gasteiger partial charge in [0.25, 0.3) is 0 Å². The molecule has 2 rings (SSSR count). The van der Waals surface area contributed by atoms with Gasteiger partial charge in [-0.15, -0.1) is 0 Å². The minimum absolute atomic E-state index is 0.103. The van der Waals surface area contributed by atoms with Crippen molar-refractivity contribution in [2.24, 2.45) is 0 Å². The lowest BCUT2D eigenvalue weighted by molar-refractivity contribution is 0.0266. The molecule has 0 aliphatic carbocycles. The van der Waals surface area contributed by atoms with E-state index >= 15 is 0 Å². The summed E-state index contributed by atoms with van der Waals surface area (Å²) in [5.41, 5.74) is 0.103. The SMILES string of the molecule is O=C(c1ccccc1F)C1CNCCO1. The van der Waals surface area contributed by atoms with Crippen LogP contribution in [0.2, 0.25) is 0 Å². The maximum atomic E-state index is 13.3. The molecule has 1 atom stereocenters. The van der Waals surface area contributed by atoms with Gasteiger partial charge in [-0.25, -0.2) is 4.39 Å². The Balaban J connectivity index is 2.16. The first kappa shape index (κ1) is 10.3. The van der Waals surface area contributed by atoms with Crippen molar-refractivity contribution in [3.05, 3.63) is 35.6 Å². The van der Waals surface area contributed by atoms with Gasteiger partial charge in [-0.05, 0) is 12.1 Å². The zero-order valence-electron chi connectivity index (χ0n) is 8.20. The van der Waals surface area contributed by atoms with Gasteiger partial charge in [0.2, 0.25) is 0 Å². The van der Waals surface area contributed by atoms with Gasteiger partial charge in [-0.1, -0.05) is 12.1 Å². The number of morpholine rings is 1. The Bertz CT molecular complexity index is 361. The molecule has 1 heterocycles. The van der Waals surface area contributed by atoms with Crippen molar-refractivity contribution >= 4 is 5.78 Å². The van der Waals surface area contributed by atoms with Crippen molar-refractivity contribution in [3.63, 3.8) is 0 Å². The lowest BCUT2D eigenvalue weighted by atomic mass is 10.1. The van der Waals surface area contributed by atoms with Crippen molar-refractivity contribution in [3.8, 4) is 0 Å². The molecule has 1 saturated heterocycles. The molecule has 0 bridgehead atoms. The highest BCUT2D eigenvalue weighted by molar-refractivity contribution is 5.99. The van der Waals surface area contributed by atoms with Crippen molar-refractivity contribution in [2.75, 3.05) is 19.7 Å². The summed E-state index contributed by atoms with van der Waals surface area (Å²) in [6, 6.07) is 5.97. The molecular weight excluding hydrogens is 197 g/mol. The van der Waals surface area contributed by atoms with Gasteiger partial charge in [-0.2, -0.15) is 0 Å². The average molecular weight is 209 g/mol. The molecule has 1 unspecified atom stereocenters. The monoisotopic (exact) mass is 209 g/mol. The first-order valence-corrected chi connectivity index (χ1v) is 4.90. The first-order chi connectivity index (χ1) is 7.29. The second-order valence-corrected chi connectivity index (χ2v) is 3.41. The molecule has 4 heteroatoms. The standard InChI is InChI=1S/C11H12FNO2/c12-9-4-2-1-3-8(9)11(14)10-7-13-5-6-15-10/h1-4,10,13H,5-7H2. The number of Topliss-reactive ketones (excluding diaryl/α,β-unsaturated/α-hetero) is 1. The number of hydrogen-bond donors (Lipinski definition) is 1. The number of halogens is 1. The van der Waals surface area contributed by atoms with Crippen molar-refractivity contribution in [1.29, 1.82) is 0 Å². The molecule has 1 aliphatic heterocycles. The van der Waals surface area contributed by atoms with Crippen molar-refractivity contribution in [2.45, 2.75) is 6.10 Å². The molecule has 80 valence electrons. The number of nitrogens with one attached hydrogen (secondary N) is 1. The Labute approximate surface area is 87.2 Å². The largest absolute Gasteiger partial charge is 0.367 e. The molecule has 0 saturated carbocycles. The number of carbonyl (C=O) groups is 1. The summed E-state index contributed by atoms with van der Waals surface area (Å²) in [4.78, 5) is 11.8. The van der Waals surface area contributed by atoms with E-state index in [9.17, 15) is 9.18 Å². The Morgan fingerprint density at radius 1 is 1.47 bits per heavy atom. The van der Waals surface area contributed by atoms with Gasteiger partial charge >= 0.3 is 0 Å². The van der Waals surface area contributed by atoms with Crippen LogP contribution in [-0.2, 0) is 4.74 Å². The van der Waals surface area contributed by atoms with Gasteiger partial charge in [-0.3, -0.25) is 4.79 Å². The molecule has 0 amide bonds. The zero-order chi connectivity index (χ0) is 10.7. The zero-order valence-corrected chi connectivity index (χ0v) is 8.20. The molecule has 0 spiro atoms. The molecule has 1 aliphatic rings. The maximum Gasteiger partial charge on any atom is 0.195 e. The lowest BCUT2D eigenvalue weighted by Gasteiger charge is -2.22. The van der Waals surface area contributed by atoms with Crippen LogP contribution in [0.5, 0.6) is 0 Å². The minimum Gasteiger partial charge on any atom is -0.367 e. The van der Waals surface area contributed by atoms with Crippen LogP contribution >= 0.6 is 0 Å². The Morgan fingerprint density at radius 3 is 2.93 bits per heavy atom. The van der Waals surface area contributed by atoms with E-state index in [2.05, 4.69) is 5.32 Å². The smallest absolute Gasteiger partial charge is 0.195 e. The van der Waals surface area contributed by atoms with E-state index < -0.39 is 11.9 Å². The predicted molar refractivity (Wildman–Crippen MR) is 53.3 cm³/mol. The summed E-state index contributed by atoms with van der Waals surface area (Å²) in [6.45, 7) is 1.68. The highest BCUT2D eigenvalue weighted by atomic mass is 19.1. The highest BCUT2D eigenvalue weighted by Crippen LogP contribution is 2.11. The molecule has 3 nitrogen and oxygen atoms in total. The Kier molecular flexibility index (Phi) is 3.08. The third-order valence-corrected chi connectivity index (χ3v) is 2.36. The molecule has 1 fully saturated rings. The van der Waals surface area contributed by atoms with Crippen LogP contribution in [0.4, 0.5) is 4.39 Å². The van der Waals surface area contributed by atoms with Crippen molar-refractivity contribution in [1.82, 2.24) is 5.32 Å². The van der Waals surface area contributed by atoms with Gasteiger partial charge < -0.3 is 10.1 Å². The number of benzene rings is 1. The molecule has 0 aromatic heterocycles. The van der Waals surface area contributed by atoms with Crippen LogP contribution in [0, 0.1) is 5.82 Å². The molecule has 1 aromatic rings. The lowest BCUT2D eigenvalue weighted by Crippen LogP contribution is -2.43. The first-order valence-electron chi connectivity index (χ1n) is 4.90. The van der Waals surface area contributed by atoms with Crippen LogP contribution in [-0.4, -0.2) is 31.6 Å². The van der Waals surface area contributed by atoms with Crippen LogP contribution in [0.1, 0.15) is 10.4 Å². The van der Waals surface area contributed by atoms with Crippen LogP contribution in [0.15, 0.2) is 24.3 Å². The van der Waals surface area contributed by atoms with E-state index in [-0.39, 0.29) is 11.3 Å². The molecule has 0 radical (unpaired) electrons. The van der Waals surface area contributed by atoms with Crippen LogP contribution in [0.25, 0.3) is 0 Å². The van der Waals surface area contributed by atoms with Crippen LogP contribution in [0.3, 0.4) is 0 Å². The summed E-state index contributed by atoms with van der Waals surface area (Å²) in [5, 5.41) is 3.04. The fourth-order valence-corrected chi connectivity index (χ4v) is 1.57. The van der Waals surface area contributed by atoms with Gasteiger partial charge in [0.1, 0.15) is 11.9 Å². The number of ketones is 1. The van der Waals surface area contributed by atoms with E-state index in [1.165, 1.54) is 12.1 Å². The average Bonchev–Trinajstić information content (AvgIpc) is 2.30. The molecular formula is C11H12FNO2. The van der Waals surface area contributed by atoms with E-state index in [4.69, 9.17) is 4.74 Å². The maximum absolute atomic E-state index is 13.3. The number of ether oxygens (including phenoxy) is 1. The fraction of sp³-hybridized carbons (Fsp3) is 0.364. The number of hydrogen-bond acceptors (Lipinski definition) is 3. The van der Waals surface area contributed by atoms with Crippen LogP contribution < -0.4 is 5.32 Å². The predicted octanol–water partition coefficient (Wildman–Crippen LogP) is 0.997. The quantitative estimate of drug-likeness (QED) is 0.738. The third-order valence-electron chi connectivity index (χ3n) is 2.36. The summed E-state index contributed by atoms with van der Waals surface area (Å²) >= 11 is 0. The summed E-state index contributed by atoms with van der Waals surface area (Å²) in [6.07, 6.45) is -0.560. The van der Waals surface area contributed by atoms with E-state index in [0.717, 1.165) is 6.54 Å². The van der Waals surface area contributed by atoms with Gasteiger partial charge in [0.15, 0.2) is 5.78 Å². The molecule has 1 aromatic carbocycles. The topological polar surface area (TPSA) is 38.3 Å². The van der Waals surface area contributed by atoms with Gasteiger partial charge in [0.05, 0.1) is 12.2 Å². The Morgan fingerprint density at radius 2 is 2.27 bits per heavy atom. The summed E-state index contributed by atoms with van der Waals surface area (Å²) in [5.74, 6) is -0.781. The number of rotatable bonds is 2. The van der Waals surface area contributed by atoms with E-state index in [1.807, 2.05) is 0 Å². The summed E-state index contributed by atoms with van der Waals surface area (Å²) < 4.78 is 18.6. The highest BCUT2D eigenvalue weighted by Gasteiger charge is 2.24.